The van der Waals surface area contributed by atoms with Gasteiger partial charge in [-0.3, -0.25) is 0 Å². The van der Waals surface area contributed by atoms with Crippen LogP contribution in [0.4, 0.5) is 0 Å². The van der Waals surface area contributed by atoms with E-state index in [0.29, 0.717) is 12.5 Å². The summed E-state index contributed by atoms with van der Waals surface area (Å²) in [6.45, 7) is 3.37. The van der Waals surface area contributed by atoms with Gasteiger partial charge >= 0.3 is 0 Å². The number of nitrogens with zero attached hydrogens (tertiary/aromatic N) is 1. The molecule has 0 fully saturated rings. The lowest BCUT2D eigenvalue weighted by Gasteiger charge is -2.30. The summed E-state index contributed by atoms with van der Waals surface area (Å²) in [5, 5.41) is 3.42. The predicted octanol–water partition coefficient (Wildman–Crippen LogP) is 0.850. The Balaban J connectivity index is 1.97. The zero-order chi connectivity index (χ0) is 13.9. The average molecular weight is 282 g/mol. The second-order valence-electron chi connectivity index (χ2n) is 5.42. The monoisotopic (exact) mass is 282 g/mol. The third-order valence-corrected chi connectivity index (χ3v) is 4.50. The van der Waals surface area contributed by atoms with E-state index in [2.05, 4.69) is 34.5 Å². The Bertz CT molecular complexity index is 528. The molecule has 0 saturated carbocycles. The molecule has 1 aromatic carbocycles. The van der Waals surface area contributed by atoms with Gasteiger partial charge in [0.15, 0.2) is 0 Å². The van der Waals surface area contributed by atoms with Crippen molar-refractivity contribution in [1.29, 1.82) is 0 Å². The van der Waals surface area contributed by atoms with Crippen LogP contribution in [-0.2, 0) is 16.4 Å². The molecule has 5 heteroatoms. The van der Waals surface area contributed by atoms with Gasteiger partial charge in [0.05, 0.1) is 5.75 Å². The van der Waals surface area contributed by atoms with E-state index in [9.17, 15) is 8.42 Å². The smallest absolute Gasteiger partial charge is 0.148 e. The van der Waals surface area contributed by atoms with Crippen LogP contribution in [0.25, 0.3) is 0 Å². The van der Waals surface area contributed by atoms with E-state index >= 15 is 0 Å². The zero-order valence-electron chi connectivity index (χ0n) is 11.6. The van der Waals surface area contributed by atoms with Gasteiger partial charge in [-0.1, -0.05) is 24.3 Å². The van der Waals surface area contributed by atoms with Crippen LogP contribution < -0.4 is 5.32 Å². The Labute approximate surface area is 115 Å². The average Bonchev–Trinajstić information content (AvgIpc) is 2.36. The molecule has 1 aliphatic heterocycles. The van der Waals surface area contributed by atoms with E-state index in [1.54, 1.807) is 0 Å². The molecule has 19 heavy (non-hydrogen) atoms. The SMILES string of the molecule is CN(CCS(C)(=O)=O)CC1CNCc2ccccc21. The molecular weight excluding hydrogens is 260 g/mol. The Kier molecular flexibility index (Phi) is 4.60. The molecule has 0 aliphatic carbocycles. The number of fused-ring (bicyclic) bond motifs is 1. The van der Waals surface area contributed by atoms with E-state index in [0.717, 1.165) is 19.6 Å². The molecule has 1 atom stereocenters. The van der Waals surface area contributed by atoms with E-state index in [1.807, 2.05) is 7.05 Å². The highest BCUT2D eigenvalue weighted by Crippen LogP contribution is 2.24. The van der Waals surface area contributed by atoms with Crippen LogP contribution in [0.2, 0.25) is 0 Å². The van der Waals surface area contributed by atoms with Crippen molar-refractivity contribution in [3.8, 4) is 0 Å². The lowest BCUT2D eigenvalue weighted by molar-refractivity contribution is 0.315. The van der Waals surface area contributed by atoms with Gasteiger partial charge in [-0.2, -0.15) is 0 Å². The molecule has 0 saturated heterocycles. The molecule has 1 unspecified atom stereocenters. The normalized spacial score (nSPS) is 19.4. The quantitative estimate of drug-likeness (QED) is 0.870. The summed E-state index contributed by atoms with van der Waals surface area (Å²) >= 11 is 0. The summed E-state index contributed by atoms with van der Waals surface area (Å²) in [5.41, 5.74) is 2.75. The van der Waals surface area contributed by atoms with Crippen LogP contribution in [0, 0.1) is 0 Å². The molecule has 4 nitrogen and oxygen atoms in total. The molecule has 1 N–H and O–H groups in total. The van der Waals surface area contributed by atoms with Crippen LogP contribution in [-0.4, -0.2) is 52.0 Å². The van der Waals surface area contributed by atoms with Gasteiger partial charge in [0.1, 0.15) is 9.84 Å². The van der Waals surface area contributed by atoms with Crippen LogP contribution in [0.5, 0.6) is 0 Å². The Morgan fingerprint density at radius 1 is 1.37 bits per heavy atom. The first-order valence-corrected chi connectivity index (χ1v) is 8.66. The third-order valence-electron chi connectivity index (χ3n) is 3.58. The number of benzene rings is 1. The minimum absolute atomic E-state index is 0.227. The largest absolute Gasteiger partial charge is 0.312 e. The van der Waals surface area contributed by atoms with Gasteiger partial charge in [-0.25, -0.2) is 8.42 Å². The molecule has 106 valence electrons. The lowest BCUT2D eigenvalue weighted by Crippen LogP contribution is -2.36. The summed E-state index contributed by atoms with van der Waals surface area (Å²) in [4.78, 5) is 2.11. The topological polar surface area (TPSA) is 49.4 Å². The first-order chi connectivity index (χ1) is 8.96. The third kappa shape index (κ3) is 4.30. The maximum absolute atomic E-state index is 11.2. The van der Waals surface area contributed by atoms with Gasteiger partial charge in [0.2, 0.25) is 0 Å². The van der Waals surface area contributed by atoms with Gasteiger partial charge in [0.25, 0.3) is 0 Å². The first-order valence-electron chi connectivity index (χ1n) is 6.60. The van der Waals surface area contributed by atoms with Crippen LogP contribution in [0.3, 0.4) is 0 Å². The molecule has 1 aromatic rings. The van der Waals surface area contributed by atoms with E-state index in [-0.39, 0.29) is 5.75 Å². The predicted molar refractivity (Wildman–Crippen MR) is 78.1 cm³/mol. The summed E-state index contributed by atoms with van der Waals surface area (Å²) in [7, 11) is -0.889. The van der Waals surface area contributed by atoms with Gasteiger partial charge < -0.3 is 10.2 Å². The van der Waals surface area contributed by atoms with E-state index in [4.69, 9.17) is 0 Å². The highest BCUT2D eigenvalue weighted by atomic mass is 32.2. The van der Waals surface area contributed by atoms with E-state index in [1.165, 1.54) is 17.4 Å². The number of likely N-dealkylation sites (N-methyl/N-ethyl adjacent to an activating group) is 1. The molecule has 0 aromatic heterocycles. The Hall–Kier alpha value is -0.910. The Morgan fingerprint density at radius 2 is 2.11 bits per heavy atom. The highest BCUT2D eigenvalue weighted by molar-refractivity contribution is 7.90. The van der Waals surface area contributed by atoms with Crippen molar-refractivity contribution >= 4 is 9.84 Å². The van der Waals surface area contributed by atoms with Gasteiger partial charge in [0, 0.05) is 38.4 Å². The van der Waals surface area contributed by atoms with Crippen molar-refractivity contribution in [2.45, 2.75) is 12.5 Å². The van der Waals surface area contributed by atoms with Crippen molar-refractivity contribution in [2.75, 3.05) is 38.7 Å². The summed E-state index contributed by atoms with van der Waals surface area (Å²) < 4.78 is 22.4. The first kappa shape index (κ1) is 14.5. The van der Waals surface area contributed by atoms with Gasteiger partial charge in [-0.15, -0.1) is 0 Å². The molecule has 1 aliphatic rings. The van der Waals surface area contributed by atoms with Crippen LogP contribution in [0.15, 0.2) is 24.3 Å². The van der Waals surface area contributed by atoms with Gasteiger partial charge in [-0.05, 0) is 18.2 Å². The number of sulfone groups is 1. The number of hydrogen-bond acceptors (Lipinski definition) is 4. The summed E-state index contributed by atoms with van der Waals surface area (Å²) in [5.74, 6) is 0.667. The molecule has 1 heterocycles. The Morgan fingerprint density at radius 3 is 2.84 bits per heavy atom. The molecule has 2 rings (SSSR count). The number of hydrogen-bond donors (Lipinski definition) is 1. The summed E-state index contributed by atoms with van der Waals surface area (Å²) in [6.07, 6.45) is 1.29. The van der Waals surface area contributed by atoms with Crippen LogP contribution >= 0.6 is 0 Å². The number of nitrogens with one attached hydrogen (secondary N) is 1. The minimum Gasteiger partial charge on any atom is -0.312 e. The molecule has 0 bridgehead atoms. The molecule has 0 amide bonds. The maximum Gasteiger partial charge on any atom is 0.148 e. The standard InChI is InChI=1S/C14H22N2O2S/c1-16(7-8-19(2,17)18)11-13-10-15-9-12-5-3-4-6-14(12)13/h3-6,13,15H,7-11H2,1-2H3. The van der Waals surface area contributed by atoms with Crippen molar-refractivity contribution < 1.29 is 8.42 Å². The molecule has 0 radical (unpaired) electrons. The second-order valence-corrected chi connectivity index (χ2v) is 7.68. The van der Waals surface area contributed by atoms with Crippen molar-refractivity contribution in [1.82, 2.24) is 10.2 Å². The highest BCUT2D eigenvalue weighted by Gasteiger charge is 2.20. The summed E-state index contributed by atoms with van der Waals surface area (Å²) in [6, 6.07) is 8.49. The van der Waals surface area contributed by atoms with Crippen molar-refractivity contribution in [3.63, 3.8) is 0 Å². The maximum atomic E-state index is 11.2. The molecular formula is C14H22N2O2S. The van der Waals surface area contributed by atoms with E-state index < -0.39 is 9.84 Å². The fourth-order valence-corrected chi connectivity index (χ4v) is 3.18. The zero-order valence-corrected chi connectivity index (χ0v) is 12.4. The fourth-order valence-electron chi connectivity index (χ4n) is 2.54. The lowest BCUT2D eigenvalue weighted by atomic mass is 9.90. The minimum atomic E-state index is -2.88. The second kappa shape index (κ2) is 6.03. The fraction of sp³-hybridized carbons (Fsp3) is 0.571. The van der Waals surface area contributed by atoms with Crippen molar-refractivity contribution in [2.24, 2.45) is 0 Å². The van der Waals surface area contributed by atoms with Crippen molar-refractivity contribution in [3.05, 3.63) is 35.4 Å². The molecule has 0 spiro atoms. The number of rotatable bonds is 5. The van der Waals surface area contributed by atoms with Crippen LogP contribution in [0.1, 0.15) is 17.0 Å².